The van der Waals surface area contributed by atoms with Gasteiger partial charge in [0.05, 0.1) is 6.20 Å². The van der Waals surface area contributed by atoms with Crippen molar-refractivity contribution < 1.29 is 9.21 Å². The predicted molar refractivity (Wildman–Crippen MR) is 52.1 cm³/mol. The van der Waals surface area contributed by atoms with Gasteiger partial charge in [-0.05, 0) is 17.7 Å². The average molecular weight is 208 g/mol. The number of benzene rings is 1. The molecule has 0 saturated heterocycles. The Labute approximate surface area is 85.3 Å². The van der Waals surface area contributed by atoms with Crippen LogP contribution in [0, 0.1) is 0 Å². The van der Waals surface area contributed by atoms with Crippen molar-refractivity contribution >= 4 is 16.8 Å². The molecule has 0 unspecified atom stereocenters. The van der Waals surface area contributed by atoms with Crippen LogP contribution in [0.15, 0.2) is 41.3 Å². The minimum Gasteiger partial charge on any atom is -0.444 e. The molecular formula is C10H6ClNO2. The van der Waals surface area contributed by atoms with E-state index in [1.54, 1.807) is 24.4 Å². The maximum Gasteiger partial charge on any atom is 0.252 e. The number of carbonyl (C=O) groups excluding carboxylic acids is 1. The van der Waals surface area contributed by atoms with Crippen LogP contribution in [0.3, 0.4) is 0 Å². The summed E-state index contributed by atoms with van der Waals surface area (Å²) in [5.41, 5.74) is 1.23. The van der Waals surface area contributed by atoms with Crippen molar-refractivity contribution in [1.29, 1.82) is 0 Å². The molecule has 1 heterocycles. The highest BCUT2D eigenvalue weighted by molar-refractivity contribution is 6.67. The molecule has 14 heavy (non-hydrogen) atoms. The van der Waals surface area contributed by atoms with Crippen molar-refractivity contribution in [2.75, 3.05) is 0 Å². The Bertz CT molecular complexity index is 451. The molecule has 0 saturated carbocycles. The van der Waals surface area contributed by atoms with Crippen molar-refractivity contribution in [3.63, 3.8) is 0 Å². The van der Waals surface area contributed by atoms with E-state index in [0.29, 0.717) is 11.3 Å². The van der Waals surface area contributed by atoms with Gasteiger partial charge in [-0.15, -0.1) is 0 Å². The molecule has 2 rings (SSSR count). The molecule has 0 bridgehead atoms. The average Bonchev–Trinajstić information content (AvgIpc) is 2.71. The summed E-state index contributed by atoms with van der Waals surface area (Å²) in [5, 5.41) is -0.480. The minimum atomic E-state index is -0.480. The van der Waals surface area contributed by atoms with Crippen molar-refractivity contribution in [1.82, 2.24) is 4.98 Å². The van der Waals surface area contributed by atoms with Gasteiger partial charge in [0.2, 0.25) is 0 Å². The van der Waals surface area contributed by atoms with Gasteiger partial charge in [-0.1, -0.05) is 18.2 Å². The number of carbonyl (C=O) groups is 1. The summed E-state index contributed by atoms with van der Waals surface area (Å²) in [6.45, 7) is 0. The van der Waals surface area contributed by atoms with Gasteiger partial charge in [-0.2, -0.15) is 0 Å². The van der Waals surface area contributed by atoms with Crippen LogP contribution >= 0.6 is 11.6 Å². The highest BCUT2D eigenvalue weighted by Gasteiger charge is 2.05. The highest BCUT2D eigenvalue weighted by atomic mass is 35.5. The lowest BCUT2D eigenvalue weighted by atomic mass is 10.1. The first-order chi connectivity index (χ1) is 6.77. The second-order valence-corrected chi connectivity index (χ2v) is 3.06. The zero-order chi connectivity index (χ0) is 9.97. The third-order valence-corrected chi connectivity index (χ3v) is 2.02. The first kappa shape index (κ1) is 8.97. The predicted octanol–water partition coefficient (Wildman–Crippen LogP) is 2.72. The quantitative estimate of drug-likeness (QED) is 0.712. The third-order valence-electron chi connectivity index (χ3n) is 1.81. The van der Waals surface area contributed by atoms with Crippen LogP contribution in [-0.4, -0.2) is 10.2 Å². The fourth-order valence-corrected chi connectivity index (χ4v) is 1.27. The number of rotatable bonds is 2. The molecule has 0 N–H and O–H groups in total. The number of hydrogen-bond donors (Lipinski definition) is 0. The van der Waals surface area contributed by atoms with Crippen LogP contribution in [0.2, 0.25) is 0 Å². The standard InChI is InChI=1S/C10H6ClNO2/c11-10(13)8-3-1-2-7(4-8)9-5-12-6-14-9/h1-6H. The minimum absolute atomic E-state index is 0.445. The Morgan fingerprint density at radius 2 is 2.29 bits per heavy atom. The molecule has 0 aliphatic heterocycles. The van der Waals surface area contributed by atoms with Crippen LogP contribution in [0.5, 0.6) is 0 Å². The van der Waals surface area contributed by atoms with Crippen molar-refractivity contribution in [2.45, 2.75) is 0 Å². The Balaban J connectivity index is 2.46. The monoisotopic (exact) mass is 207 g/mol. The van der Waals surface area contributed by atoms with Gasteiger partial charge < -0.3 is 4.42 Å². The molecule has 3 nitrogen and oxygen atoms in total. The number of nitrogens with zero attached hydrogens (tertiary/aromatic N) is 1. The fraction of sp³-hybridized carbons (Fsp3) is 0. The summed E-state index contributed by atoms with van der Waals surface area (Å²) in [4.78, 5) is 14.7. The normalized spacial score (nSPS) is 10.1. The second-order valence-electron chi connectivity index (χ2n) is 2.72. The van der Waals surface area contributed by atoms with Crippen LogP contribution < -0.4 is 0 Å². The van der Waals surface area contributed by atoms with E-state index in [0.717, 1.165) is 5.56 Å². The van der Waals surface area contributed by atoms with Crippen LogP contribution in [0.25, 0.3) is 11.3 Å². The Hall–Kier alpha value is -1.61. The lowest BCUT2D eigenvalue weighted by Crippen LogP contribution is -1.88. The molecule has 0 amide bonds. The number of oxazole rings is 1. The van der Waals surface area contributed by atoms with Crippen molar-refractivity contribution in [3.8, 4) is 11.3 Å². The SMILES string of the molecule is O=C(Cl)c1cccc(-c2cnco2)c1. The molecule has 0 atom stereocenters. The van der Waals surface area contributed by atoms with E-state index < -0.39 is 5.24 Å². The maximum atomic E-state index is 10.9. The first-order valence-electron chi connectivity index (χ1n) is 3.96. The number of hydrogen-bond acceptors (Lipinski definition) is 3. The maximum absolute atomic E-state index is 10.9. The smallest absolute Gasteiger partial charge is 0.252 e. The van der Waals surface area contributed by atoms with Crippen molar-refractivity contribution in [3.05, 3.63) is 42.4 Å². The molecule has 1 aromatic carbocycles. The summed E-state index contributed by atoms with van der Waals surface area (Å²) >= 11 is 5.35. The van der Waals surface area contributed by atoms with E-state index >= 15 is 0 Å². The number of aromatic nitrogens is 1. The molecule has 2 aromatic rings. The molecule has 4 heteroatoms. The largest absolute Gasteiger partial charge is 0.444 e. The van der Waals surface area contributed by atoms with E-state index in [4.69, 9.17) is 16.0 Å². The molecule has 0 aliphatic carbocycles. The summed E-state index contributed by atoms with van der Waals surface area (Å²) in [7, 11) is 0. The molecular weight excluding hydrogens is 202 g/mol. The summed E-state index contributed by atoms with van der Waals surface area (Å²) in [6.07, 6.45) is 2.92. The topological polar surface area (TPSA) is 43.1 Å². The van der Waals surface area contributed by atoms with E-state index in [1.165, 1.54) is 6.39 Å². The van der Waals surface area contributed by atoms with Gasteiger partial charge in [0.1, 0.15) is 0 Å². The van der Waals surface area contributed by atoms with Crippen LogP contribution in [0.1, 0.15) is 10.4 Å². The fourth-order valence-electron chi connectivity index (χ4n) is 1.15. The lowest BCUT2D eigenvalue weighted by Gasteiger charge is -1.97. The van der Waals surface area contributed by atoms with Gasteiger partial charge in [0.25, 0.3) is 5.24 Å². The van der Waals surface area contributed by atoms with Crippen LogP contribution in [0.4, 0.5) is 0 Å². The molecule has 0 fully saturated rings. The Kier molecular flexibility index (Phi) is 2.33. The molecule has 70 valence electrons. The lowest BCUT2D eigenvalue weighted by molar-refractivity contribution is 0.108. The van der Waals surface area contributed by atoms with E-state index in [-0.39, 0.29) is 0 Å². The van der Waals surface area contributed by atoms with Gasteiger partial charge in [0.15, 0.2) is 12.2 Å². The zero-order valence-electron chi connectivity index (χ0n) is 7.11. The molecule has 0 aliphatic rings. The van der Waals surface area contributed by atoms with Crippen molar-refractivity contribution in [2.24, 2.45) is 0 Å². The van der Waals surface area contributed by atoms with Gasteiger partial charge in [-0.25, -0.2) is 4.98 Å². The molecule has 1 aromatic heterocycles. The third kappa shape index (κ3) is 1.67. The second kappa shape index (κ2) is 3.64. The van der Waals surface area contributed by atoms with E-state index in [2.05, 4.69) is 4.98 Å². The van der Waals surface area contributed by atoms with E-state index in [9.17, 15) is 4.79 Å². The molecule has 0 radical (unpaired) electrons. The number of halogens is 1. The summed E-state index contributed by atoms with van der Waals surface area (Å²) in [5.74, 6) is 0.616. The highest BCUT2D eigenvalue weighted by Crippen LogP contribution is 2.20. The van der Waals surface area contributed by atoms with E-state index in [1.807, 2.05) is 6.07 Å². The summed E-state index contributed by atoms with van der Waals surface area (Å²) in [6, 6.07) is 6.88. The van der Waals surface area contributed by atoms with Crippen LogP contribution in [-0.2, 0) is 0 Å². The first-order valence-corrected chi connectivity index (χ1v) is 4.34. The van der Waals surface area contributed by atoms with Gasteiger partial charge in [0, 0.05) is 11.1 Å². The summed E-state index contributed by atoms with van der Waals surface area (Å²) < 4.78 is 5.09. The van der Waals surface area contributed by atoms with Gasteiger partial charge in [-0.3, -0.25) is 4.79 Å². The Morgan fingerprint density at radius 1 is 1.43 bits per heavy atom. The molecule has 0 spiro atoms. The van der Waals surface area contributed by atoms with Gasteiger partial charge >= 0.3 is 0 Å². The zero-order valence-corrected chi connectivity index (χ0v) is 7.86. The Morgan fingerprint density at radius 3 is 2.93 bits per heavy atom.